The molecule has 0 bridgehead atoms. The Kier molecular flexibility index (Phi) is 2.77. The van der Waals surface area contributed by atoms with Crippen molar-refractivity contribution in [2.75, 3.05) is 6.61 Å². The molecular formula is C11H12O2S. The minimum Gasteiger partial charge on any atom is -0.462 e. The van der Waals surface area contributed by atoms with Gasteiger partial charge in [0, 0.05) is 11.5 Å². The number of ether oxygens (including phenoxy) is 1. The van der Waals surface area contributed by atoms with E-state index in [9.17, 15) is 4.79 Å². The Balaban J connectivity index is 2.24. The third-order valence-corrected chi connectivity index (χ3v) is 3.26. The van der Waals surface area contributed by atoms with Gasteiger partial charge in [-0.1, -0.05) is 6.07 Å². The Morgan fingerprint density at radius 2 is 2.21 bits per heavy atom. The van der Waals surface area contributed by atoms with Gasteiger partial charge in [-0.05, 0) is 30.2 Å². The normalized spacial score (nSPS) is 13.8. The third kappa shape index (κ3) is 1.77. The minimum absolute atomic E-state index is 0.216. The number of hydrogen-bond donors (Lipinski definition) is 0. The summed E-state index contributed by atoms with van der Waals surface area (Å²) in [5.41, 5.74) is 3.30. The van der Waals surface area contributed by atoms with Gasteiger partial charge in [0.05, 0.1) is 12.2 Å². The molecule has 0 aliphatic carbocycles. The fourth-order valence-corrected chi connectivity index (χ4v) is 2.61. The van der Waals surface area contributed by atoms with E-state index >= 15 is 0 Å². The number of thioether (sulfide) groups is 1. The molecule has 0 fully saturated rings. The molecule has 3 heteroatoms. The molecule has 1 aromatic rings. The zero-order valence-electron chi connectivity index (χ0n) is 8.08. The van der Waals surface area contributed by atoms with Gasteiger partial charge in [-0.15, -0.1) is 0 Å². The molecule has 1 heterocycles. The molecule has 2 nitrogen and oxygen atoms in total. The molecule has 0 amide bonds. The van der Waals surface area contributed by atoms with Crippen LogP contribution >= 0.6 is 11.8 Å². The van der Waals surface area contributed by atoms with Crippen LogP contribution in [0.1, 0.15) is 28.4 Å². The molecule has 0 saturated heterocycles. The molecule has 1 aliphatic rings. The van der Waals surface area contributed by atoms with Gasteiger partial charge in [-0.2, -0.15) is 11.8 Å². The average molecular weight is 208 g/mol. The van der Waals surface area contributed by atoms with E-state index in [1.807, 2.05) is 36.9 Å². The average Bonchev–Trinajstić information content (AvgIpc) is 2.64. The lowest BCUT2D eigenvalue weighted by atomic mass is 10.1. The lowest BCUT2D eigenvalue weighted by Crippen LogP contribution is -2.05. The van der Waals surface area contributed by atoms with Crippen LogP contribution in [0.25, 0.3) is 0 Å². The number of fused-ring (bicyclic) bond motifs is 1. The summed E-state index contributed by atoms with van der Waals surface area (Å²) >= 11 is 1.88. The van der Waals surface area contributed by atoms with Crippen molar-refractivity contribution in [3.8, 4) is 0 Å². The number of hydrogen-bond acceptors (Lipinski definition) is 3. The fourth-order valence-electron chi connectivity index (χ4n) is 1.51. The number of benzene rings is 1. The van der Waals surface area contributed by atoms with E-state index in [1.165, 1.54) is 11.1 Å². The lowest BCUT2D eigenvalue weighted by molar-refractivity contribution is 0.0526. The second-order valence-electron chi connectivity index (χ2n) is 3.20. The molecule has 1 aliphatic heterocycles. The Morgan fingerprint density at radius 1 is 1.43 bits per heavy atom. The van der Waals surface area contributed by atoms with Crippen LogP contribution in [0.4, 0.5) is 0 Å². The summed E-state index contributed by atoms with van der Waals surface area (Å²) in [6.45, 7) is 2.26. The second-order valence-corrected chi connectivity index (χ2v) is 4.18. The highest BCUT2D eigenvalue weighted by atomic mass is 32.2. The maximum absolute atomic E-state index is 11.4. The van der Waals surface area contributed by atoms with E-state index < -0.39 is 0 Å². The van der Waals surface area contributed by atoms with Crippen LogP contribution in [-0.4, -0.2) is 12.6 Å². The highest BCUT2D eigenvalue weighted by molar-refractivity contribution is 7.98. The largest absolute Gasteiger partial charge is 0.462 e. The molecule has 14 heavy (non-hydrogen) atoms. The van der Waals surface area contributed by atoms with E-state index in [2.05, 4.69) is 0 Å². The summed E-state index contributed by atoms with van der Waals surface area (Å²) < 4.78 is 4.94. The van der Waals surface area contributed by atoms with Crippen molar-refractivity contribution in [3.63, 3.8) is 0 Å². The fraction of sp³-hybridized carbons (Fsp3) is 0.364. The summed E-state index contributed by atoms with van der Waals surface area (Å²) in [6, 6.07) is 5.83. The molecule has 2 rings (SSSR count). The van der Waals surface area contributed by atoms with Crippen LogP contribution in [0.3, 0.4) is 0 Å². The summed E-state index contributed by atoms with van der Waals surface area (Å²) in [4.78, 5) is 11.4. The maximum Gasteiger partial charge on any atom is 0.338 e. The first-order valence-corrected chi connectivity index (χ1v) is 5.83. The molecule has 0 unspecified atom stereocenters. The molecule has 0 spiro atoms. The number of rotatable bonds is 2. The van der Waals surface area contributed by atoms with Crippen molar-refractivity contribution >= 4 is 17.7 Å². The van der Waals surface area contributed by atoms with Gasteiger partial charge in [-0.25, -0.2) is 4.79 Å². The van der Waals surface area contributed by atoms with Crippen LogP contribution < -0.4 is 0 Å². The smallest absolute Gasteiger partial charge is 0.338 e. The summed E-state index contributed by atoms with van der Waals surface area (Å²) in [6.07, 6.45) is 0. The lowest BCUT2D eigenvalue weighted by Gasteiger charge is -2.03. The molecule has 0 saturated carbocycles. The van der Waals surface area contributed by atoms with Crippen molar-refractivity contribution in [1.82, 2.24) is 0 Å². The summed E-state index contributed by atoms with van der Waals surface area (Å²) in [5, 5.41) is 0. The standard InChI is InChI=1S/C11H12O2S/c1-2-13-11(12)8-3-4-9-6-14-7-10(9)5-8/h3-5H,2,6-7H2,1H3. The summed E-state index contributed by atoms with van der Waals surface area (Å²) in [7, 11) is 0. The Morgan fingerprint density at radius 3 is 3.00 bits per heavy atom. The molecule has 0 N–H and O–H groups in total. The van der Waals surface area contributed by atoms with Crippen molar-refractivity contribution in [3.05, 3.63) is 34.9 Å². The van der Waals surface area contributed by atoms with Crippen molar-refractivity contribution < 1.29 is 9.53 Å². The third-order valence-electron chi connectivity index (χ3n) is 2.23. The topological polar surface area (TPSA) is 26.3 Å². The number of carbonyl (C=O) groups excluding carboxylic acids is 1. The molecule has 74 valence electrons. The van der Waals surface area contributed by atoms with E-state index in [4.69, 9.17) is 4.74 Å². The van der Waals surface area contributed by atoms with E-state index in [0.29, 0.717) is 12.2 Å². The van der Waals surface area contributed by atoms with E-state index in [-0.39, 0.29) is 5.97 Å². The molecular weight excluding hydrogens is 196 g/mol. The van der Waals surface area contributed by atoms with Crippen LogP contribution in [0.5, 0.6) is 0 Å². The number of carbonyl (C=O) groups is 1. The second kappa shape index (κ2) is 4.05. The predicted octanol–water partition coefficient (Wildman–Crippen LogP) is 2.61. The van der Waals surface area contributed by atoms with Gasteiger partial charge >= 0.3 is 5.97 Å². The number of esters is 1. The van der Waals surface area contributed by atoms with Gasteiger partial charge in [-0.3, -0.25) is 0 Å². The van der Waals surface area contributed by atoms with Crippen LogP contribution in [-0.2, 0) is 16.2 Å². The van der Waals surface area contributed by atoms with Crippen LogP contribution in [0, 0.1) is 0 Å². The highest BCUT2D eigenvalue weighted by Crippen LogP contribution is 2.30. The zero-order valence-corrected chi connectivity index (χ0v) is 8.89. The van der Waals surface area contributed by atoms with Crippen LogP contribution in [0.2, 0.25) is 0 Å². The van der Waals surface area contributed by atoms with Gasteiger partial charge in [0.25, 0.3) is 0 Å². The molecule has 0 aromatic heterocycles. The molecule has 0 radical (unpaired) electrons. The van der Waals surface area contributed by atoms with Gasteiger partial charge in [0.1, 0.15) is 0 Å². The minimum atomic E-state index is -0.216. The monoisotopic (exact) mass is 208 g/mol. The first-order valence-electron chi connectivity index (χ1n) is 4.68. The zero-order chi connectivity index (χ0) is 9.97. The maximum atomic E-state index is 11.4. The highest BCUT2D eigenvalue weighted by Gasteiger charge is 2.14. The first-order chi connectivity index (χ1) is 6.81. The first kappa shape index (κ1) is 9.59. The molecule has 0 atom stereocenters. The van der Waals surface area contributed by atoms with Crippen LogP contribution in [0.15, 0.2) is 18.2 Å². The SMILES string of the molecule is CCOC(=O)c1ccc2c(c1)CSC2. The van der Waals surface area contributed by atoms with E-state index in [1.54, 1.807) is 0 Å². The predicted molar refractivity (Wildman–Crippen MR) is 57.4 cm³/mol. The van der Waals surface area contributed by atoms with Gasteiger partial charge in [0.2, 0.25) is 0 Å². The van der Waals surface area contributed by atoms with Gasteiger partial charge < -0.3 is 4.74 Å². The Hall–Kier alpha value is -0.960. The quantitative estimate of drug-likeness (QED) is 0.699. The van der Waals surface area contributed by atoms with Crippen molar-refractivity contribution in [1.29, 1.82) is 0 Å². The van der Waals surface area contributed by atoms with Crippen molar-refractivity contribution in [2.45, 2.75) is 18.4 Å². The van der Waals surface area contributed by atoms with E-state index in [0.717, 1.165) is 11.5 Å². The van der Waals surface area contributed by atoms with Gasteiger partial charge in [0.15, 0.2) is 0 Å². The Labute approximate surface area is 87.6 Å². The Bertz CT molecular complexity index is 360. The molecule has 1 aromatic carbocycles. The van der Waals surface area contributed by atoms with Crippen molar-refractivity contribution in [2.24, 2.45) is 0 Å². The summed E-state index contributed by atoms with van der Waals surface area (Å²) in [5.74, 6) is 1.87.